The molecule has 132 valence electrons. The predicted octanol–water partition coefficient (Wildman–Crippen LogP) is 5.76. The Kier molecular flexibility index (Phi) is 4.66. The Morgan fingerprint density at radius 3 is 2.19 bits per heavy atom. The summed E-state index contributed by atoms with van der Waals surface area (Å²) >= 11 is 0. The Morgan fingerprint density at radius 1 is 0.846 bits per heavy atom. The summed E-state index contributed by atoms with van der Waals surface area (Å²) in [7, 11) is 0. The monoisotopic (exact) mass is 343 g/mol. The fourth-order valence-corrected chi connectivity index (χ4v) is 3.42. The van der Waals surface area contributed by atoms with Crippen molar-refractivity contribution in [3.63, 3.8) is 0 Å². The predicted molar refractivity (Wildman–Crippen MR) is 108 cm³/mol. The van der Waals surface area contributed by atoms with E-state index in [1.807, 2.05) is 12.1 Å². The first-order valence-corrected chi connectivity index (χ1v) is 9.32. The van der Waals surface area contributed by atoms with Gasteiger partial charge >= 0.3 is 0 Å². The van der Waals surface area contributed by atoms with Crippen molar-refractivity contribution in [1.29, 1.82) is 0 Å². The molecule has 0 saturated carbocycles. The van der Waals surface area contributed by atoms with Crippen LogP contribution in [0.5, 0.6) is 5.75 Å². The van der Waals surface area contributed by atoms with Crippen molar-refractivity contribution in [2.24, 2.45) is 0 Å². The fourth-order valence-electron chi connectivity index (χ4n) is 3.42. The number of hydrogen-bond acceptors (Lipinski definition) is 2. The molecule has 0 fully saturated rings. The lowest BCUT2D eigenvalue weighted by Gasteiger charge is -2.30. The zero-order valence-corrected chi connectivity index (χ0v) is 15.5. The number of hydrogen-bond donors (Lipinski definition) is 0. The van der Waals surface area contributed by atoms with Crippen molar-refractivity contribution in [2.75, 3.05) is 11.6 Å². The highest BCUT2D eigenvalue weighted by molar-refractivity contribution is 5.51. The molecule has 0 aromatic heterocycles. The molecule has 0 radical (unpaired) electrons. The number of rotatable bonds is 4. The molecule has 0 spiro atoms. The SMILES string of the molecule is CC(C)c1ccc(Cc2ccc(N3COc4ccccc4C3)cc2)cc1. The molecule has 0 amide bonds. The van der Waals surface area contributed by atoms with Gasteiger partial charge in [0.25, 0.3) is 0 Å². The van der Waals surface area contributed by atoms with Gasteiger partial charge in [0.1, 0.15) is 5.75 Å². The number of benzene rings is 3. The molecule has 1 aliphatic heterocycles. The van der Waals surface area contributed by atoms with Crippen LogP contribution in [0.1, 0.15) is 42.0 Å². The summed E-state index contributed by atoms with van der Waals surface area (Å²) in [5.41, 5.74) is 6.54. The lowest BCUT2D eigenvalue weighted by atomic mass is 9.99. The van der Waals surface area contributed by atoms with Crippen molar-refractivity contribution < 1.29 is 4.74 Å². The molecule has 1 heterocycles. The highest BCUT2D eigenvalue weighted by atomic mass is 16.5. The second-order valence-electron chi connectivity index (χ2n) is 7.32. The zero-order valence-electron chi connectivity index (χ0n) is 15.5. The number of para-hydroxylation sites is 1. The van der Waals surface area contributed by atoms with Gasteiger partial charge in [0.2, 0.25) is 0 Å². The van der Waals surface area contributed by atoms with Gasteiger partial charge in [-0.3, -0.25) is 0 Å². The molecule has 26 heavy (non-hydrogen) atoms. The van der Waals surface area contributed by atoms with Crippen LogP contribution in [0.25, 0.3) is 0 Å². The van der Waals surface area contributed by atoms with E-state index in [2.05, 4.69) is 79.4 Å². The number of anilines is 1. The van der Waals surface area contributed by atoms with Crippen LogP contribution in [-0.2, 0) is 13.0 Å². The highest BCUT2D eigenvalue weighted by Crippen LogP contribution is 2.28. The van der Waals surface area contributed by atoms with Crippen molar-refractivity contribution >= 4 is 5.69 Å². The molecule has 0 atom stereocenters. The van der Waals surface area contributed by atoms with Crippen molar-refractivity contribution in [3.8, 4) is 5.75 Å². The second-order valence-corrected chi connectivity index (χ2v) is 7.32. The van der Waals surface area contributed by atoms with Crippen LogP contribution >= 0.6 is 0 Å². The fraction of sp³-hybridized carbons (Fsp3) is 0.250. The van der Waals surface area contributed by atoms with Crippen molar-refractivity contribution in [2.45, 2.75) is 32.7 Å². The first-order valence-electron chi connectivity index (χ1n) is 9.32. The summed E-state index contributed by atoms with van der Waals surface area (Å²) < 4.78 is 5.87. The van der Waals surface area contributed by atoms with Gasteiger partial charge in [-0.2, -0.15) is 0 Å². The average Bonchev–Trinajstić information content (AvgIpc) is 2.68. The minimum atomic E-state index is 0.584. The molecule has 2 nitrogen and oxygen atoms in total. The van der Waals surface area contributed by atoms with Gasteiger partial charge < -0.3 is 9.64 Å². The maximum Gasteiger partial charge on any atom is 0.161 e. The van der Waals surface area contributed by atoms with E-state index in [0.29, 0.717) is 12.6 Å². The molecular formula is C24H25NO. The minimum absolute atomic E-state index is 0.584. The summed E-state index contributed by atoms with van der Waals surface area (Å²) in [4.78, 5) is 2.27. The van der Waals surface area contributed by atoms with Crippen LogP contribution in [0.15, 0.2) is 72.8 Å². The van der Waals surface area contributed by atoms with E-state index in [-0.39, 0.29) is 0 Å². The van der Waals surface area contributed by atoms with Gasteiger partial charge in [-0.25, -0.2) is 0 Å². The molecule has 3 aromatic rings. The third-order valence-electron chi connectivity index (χ3n) is 5.07. The lowest BCUT2D eigenvalue weighted by molar-refractivity contribution is 0.289. The molecule has 0 N–H and O–H groups in total. The van der Waals surface area contributed by atoms with Crippen LogP contribution in [0.3, 0.4) is 0 Å². The van der Waals surface area contributed by atoms with Crippen LogP contribution < -0.4 is 9.64 Å². The highest BCUT2D eigenvalue weighted by Gasteiger charge is 2.16. The van der Waals surface area contributed by atoms with Gasteiger partial charge in [0, 0.05) is 17.8 Å². The molecule has 4 rings (SSSR count). The minimum Gasteiger partial charge on any atom is -0.473 e. The molecule has 0 unspecified atom stereocenters. The summed E-state index contributed by atoms with van der Waals surface area (Å²) in [6, 6.07) is 26.1. The Hall–Kier alpha value is -2.74. The quantitative estimate of drug-likeness (QED) is 0.597. The summed E-state index contributed by atoms with van der Waals surface area (Å²) in [6.07, 6.45) is 0.970. The van der Waals surface area contributed by atoms with Crippen LogP contribution in [0.2, 0.25) is 0 Å². The normalized spacial score (nSPS) is 13.4. The largest absolute Gasteiger partial charge is 0.473 e. The summed E-state index contributed by atoms with van der Waals surface area (Å²) in [6.45, 7) is 5.96. The zero-order chi connectivity index (χ0) is 17.9. The number of nitrogens with zero attached hydrogens (tertiary/aromatic N) is 1. The Balaban J connectivity index is 1.44. The third kappa shape index (κ3) is 3.60. The van der Waals surface area contributed by atoms with Gasteiger partial charge in [-0.05, 0) is 47.2 Å². The second kappa shape index (κ2) is 7.25. The Labute approximate surface area is 156 Å². The van der Waals surface area contributed by atoms with Crippen LogP contribution in [0, 0.1) is 0 Å². The van der Waals surface area contributed by atoms with Gasteiger partial charge in [0.05, 0.1) is 0 Å². The van der Waals surface area contributed by atoms with Crippen LogP contribution in [-0.4, -0.2) is 6.73 Å². The van der Waals surface area contributed by atoms with Gasteiger partial charge in [0.15, 0.2) is 6.73 Å². The van der Waals surface area contributed by atoms with E-state index in [9.17, 15) is 0 Å². The first-order chi connectivity index (χ1) is 12.7. The number of fused-ring (bicyclic) bond motifs is 1. The van der Waals surface area contributed by atoms with Gasteiger partial charge in [-0.1, -0.05) is 68.4 Å². The molecule has 0 saturated heterocycles. The number of ether oxygens (including phenoxy) is 1. The van der Waals surface area contributed by atoms with E-state index in [0.717, 1.165) is 18.7 Å². The lowest BCUT2D eigenvalue weighted by Crippen LogP contribution is -2.31. The molecule has 3 aromatic carbocycles. The van der Waals surface area contributed by atoms with E-state index >= 15 is 0 Å². The third-order valence-corrected chi connectivity index (χ3v) is 5.07. The van der Waals surface area contributed by atoms with Crippen LogP contribution in [0.4, 0.5) is 5.69 Å². The molecule has 0 aliphatic carbocycles. The van der Waals surface area contributed by atoms with Crippen molar-refractivity contribution in [3.05, 3.63) is 95.1 Å². The molecular weight excluding hydrogens is 318 g/mol. The Bertz CT molecular complexity index is 865. The topological polar surface area (TPSA) is 12.5 Å². The molecule has 0 bridgehead atoms. The van der Waals surface area contributed by atoms with Crippen molar-refractivity contribution in [1.82, 2.24) is 0 Å². The maximum absolute atomic E-state index is 5.87. The first kappa shape index (κ1) is 16.7. The average molecular weight is 343 g/mol. The molecule has 2 heteroatoms. The van der Waals surface area contributed by atoms with E-state index in [1.165, 1.54) is 27.9 Å². The molecule has 1 aliphatic rings. The standard InChI is InChI=1S/C24H25NO/c1-18(2)21-11-7-19(8-12-21)15-20-9-13-23(14-10-20)25-16-22-5-3-4-6-24(22)26-17-25/h3-14,18H,15-17H2,1-2H3. The maximum atomic E-state index is 5.87. The van der Waals surface area contributed by atoms with E-state index < -0.39 is 0 Å². The summed E-state index contributed by atoms with van der Waals surface area (Å²) in [5, 5.41) is 0. The van der Waals surface area contributed by atoms with E-state index in [4.69, 9.17) is 4.74 Å². The smallest absolute Gasteiger partial charge is 0.161 e. The Morgan fingerprint density at radius 2 is 1.50 bits per heavy atom. The van der Waals surface area contributed by atoms with E-state index in [1.54, 1.807) is 0 Å². The summed E-state index contributed by atoms with van der Waals surface area (Å²) in [5.74, 6) is 1.59. The van der Waals surface area contributed by atoms with Gasteiger partial charge in [-0.15, -0.1) is 0 Å².